The number of benzene rings is 1. The van der Waals surface area contributed by atoms with E-state index in [2.05, 4.69) is 15.0 Å². The first-order valence-corrected chi connectivity index (χ1v) is 8.75. The lowest BCUT2D eigenvalue weighted by Gasteiger charge is -2.38. The molecule has 1 atom stereocenters. The number of aromatic nitrogens is 2. The molecule has 2 aromatic rings. The van der Waals surface area contributed by atoms with Gasteiger partial charge in [-0.15, -0.1) is 0 Å². The summed E-state index contributed by atoms with van der Waals surface area (Å²) in [5, 5.41) is 4.00. The molecule has 0 spiro atoms. The van der Waals surface area contributed by atoms with Crippen molar-refractivity contribution in [3.8, 4) is 0 Å². The highest BCUT2D eigenvalue weighted by molar-refractivity contribution is 5.49. The Morgan fingerprint density at radius 3 is 2.35 bits per heavy atom. The zero-order valence-corrected chi connectivity index (χ0v) is 15.1. The number of alkyl halides is 3. The number of rotatable bonds is 4. The predicted octanol–water partition coefficient (Wildman–Crippen LogP) is 4.10. The van der Waals surface area contributed by atoms with Crippen molar-refractivity contribution in [3.63, 3.8) is 0 Å². The van der Waals surface area contributed by atoms with Crippen LogP contribution in [0.1, 0.15) is 50.0 Å². The molecule has 2 heterocycles. The summed E-state index contributed by atoms with van der Waals surface area (Å²) in [6.07, 6.45) is -4.32. The molecule has 3 rings (SSSR count). The Balaban J connectivity index is 1.63. The summed E-state index contributed by atoms with van der Waals surface area (Å²) in [5.41, 5.74) is -0.00937. The van der Waals surface area contributed by atoms with Crippen LogP contribution < -0.4 is 4.90 Å². The van der Waals surface area contributed by atoms with Crippen LogP contribution in [0.2, 0.25) is 0 Å². The standard InChI is InChI=1S/C18H23F3N4O/c1-12(2)16-22-17(26-23-16)13(3)24-7-9-25(10-8-24)15-6-4-5-14(11-15)18(19,20)21/h4-6,11-13H,7-10H2,1-3H3/t13-/m0/s1. The van der Waals surface area contributed by atoms with Gasteiger partial charge in [0.1, 0.15) is 0 Å². The summed E-state index contributed by atoms with van der Waals surface area (Å²) < 4.78 is 44.1. The molecule has 5 nitrogen and oxygen atoms in total. The van der Waals surface area contributed by atoms with Crippen molar-refractivity contribution >= 4 is 5.69 Å². The molecule has 1 aliphatic rings. The van der Waals surface area contributed by atoms with Gasteiger partial charge in [0, 0.05) is 37.8 Å². The first-order chi connectivity index (χ1) is 12.3. The summed E-state index contributed by atoms with van der Waals surface area (Å²) in [6, 6.07) is 5.48. The second-order valence-corrected chi connectivity index (χ2v) is 6.89. The highest BCUT2D eigenvalue weighted by Crippen LogP contribution is 2.32. The maximum absolute atomic E-state index is 12.9. The molecule has 0 saturated carbocycles. The van der Waals surface area contributed by atoms with Crippen molar-refractivity contribution in [2.45, 2.75) is 38.9 Å². The van der Waals surface area contributed by atoms with E-state index in [0.717, 1.165) is 19.2 Å². The van der Waals surface area contributed by atoms with E-state index in [-0.39, 0.29) is 12.0 Å². The number of anilines is 1. The first-order valence-electron chi connectivity index (χ1n) is 8.75. The Labute approximate surface area is 150 Å². The van der Waals surface area contributed by atoms with Gasteiger partial charge in [-0.25, -0.2) is 0 Å². The lowest BCUT2D eigenvalue weighted by Crippen LogP contribution is -2.47. The van der Waals surface area contributed by atoms with Crippen molar-refractivity contribution in [1.82, 2.24) is 15.0 Å². The van der Waals surface area contributed by atoms with Gasteiger partial charge in [0.05, 0.1) is 11.6 Å². The minimum Gasteiger partial charge on any atom is -0.369 e. The molecule has 0 bridgehead atoms. The molecule has 8 heteroatoms. The Morgan fingerprint density at radius 1 is 1.08 bits per heavy atom. The summed E-state index contributed by atoms with van der Waals surface area (Å²) in [5.74, 6) is 1.48. The lowest BCUT2D eigenvalue weighted by molar-refractivity contribution is -0.137. The Bertz CT molecular complexity index is 736. The van der Waals surface area contributed by atoms with E-state index >= 15 is 0 Å². The van der Waals surface area contributed by atoms with E-state index in [9.17, 15) is 13.2 Å². The zero-order valence-electron chi connectivity index (χ0n) is 15.1. The van der Waals surface area contributed by atoms with Crippen molar-refractivity contribution in [1.29, 1.82) is 0 Å². The van der Waals surface area contributed by atoms with Crippen molar-refractivity contribution in [2.24, 2.45) is 0 Å². The largest absolute Gasteiger partial charge is 0.416 e. The van der Waals surface area contributed by atoms with Crippen LogP contribution in [0.5, 0.6) is 0 Å². The Morgan fingerprint density at radius 2 is 1.77 bits per heavy atom. The quantitative estimate of drug-likeness (QED) is 0.813. The molecule has 1 fully saturated rings. The van der Waals surface area contributed by atoms with E-state index in [1.165, 1.54) is 12.1 Å². The van der Waals surface area contributed by atoms with Crippen molar-refractivity contribution < 1.29 is 17.7 Å². The van der Waals surface area contributed by atoms with Gasteiger partial charge in [-0.2, -0.15) is 18.2 Å². The number of halogens is 3. The Hall–Kier alpha value is -2.09. The van der Waals surface area contributed by atoms with Crippen LogP contribution in [0.3, 0.4) is 0 Å². The SMILES string of the molecule is CC(C)c1noc([C@H](C)N2CCN(c3cccc(C(F)(F)F)c3)CC2)n1. The van der Waals surface area contributed by atoms with Gasteiger partial charge in [-0.05, 0) is 25.1 Å². The molecular weight excluding hydrogens is 345 g/mol. The molecule has 1 aliphatic heterocycles. The van der Waals surface area contributed by atoms with Gasteiger partial charge < -0.3 is 9.42 Å². The van der Waals surface area contributed by atoms with Crippen LogP contribution in [-0.4, -0.2) is 41.2 Å². The minimum atomic E-state index is -4.32. The highest BCUT2D eigenvalue weighted by Gasteiger charge is 2.31. The van der Waals surface area contributed by atoms with Crippen LogP contribution >= 0.6 is 0 Å². The first kappa shape index (κ1) is 18.7. The third-order valence-electron chi connectivity index (χ3n) is 4.73. The molecule has 0 aliphatic carbocycles. The zero-order chi connectivity index (χ0) is 18.9. The summed E-state index contributed by atoms with van der Waals surface area (Å²) in [4.78, 5) is 8.63. The maximum Gasteiger partial charge on any atom is 0.416 e. The van der Waals surface area contributed by atoms with Gasteiger partial charge in [0.25, 0.3) is 0 Å². The number of hydrogen-bond donors (Lipinski definition) is 0. The average Bonchev–Trinajstić information content (AvgIpc) is 3.11. The van der Waals surface area contributed by atoms with Crippen LogP contribution in [0.25, 0.3) is 0 Å². The number of hydrogen-bond acceptors (Lipinski definition) is 5. The van der Waals surface area contributed by atoms with Gasteiger partial charge in [0.2, 0.25) is 5.89 Å². The molecule has 1 aromatic heterocycles. The third kappa shape index (κ3) is 4.00. The van der Waals surface area contributed by atoms with Crippen LogP contribution in [-0.2, 0) is 6.18 Å². The highest BCUT2D eigenvalue weighted by atomic mass is 19.4. The molecule has 26 heavy (non-hydrogen) atoms. The number of piperazine rings is 1. The summed E-state index contributed by atoms with van der Waals surface area (Å²) in [7, 11) is 0. The molecule has 0 N–H and O–H groups in total. The second kappa shape index (κ2) is 7.26. The molecule has 1 aromatic carbocycles. The fraction of sp³-hybridized carbons (Fsp3) is 0.556. The monoisotopic (exact) mass is 368 g/mol. The molecule has 1 saturated heterocycles. The van der Waals surface area contributed by atoms with E-state index in [1.54, 1.807) is 6.07 Å². The van der Waals surface area contributed by atoms with Crippen LogP contribution in [0.4, 0.5) is 18.9 Å². The van der Waals surface area contributed by atoms with Crippen molar-refractivity contribution in [3.05, 3.63) is 41.5 Å². The van der Waals surface area contributed by atoms with E-state index in [1.807, 2.05) is 25.7 Å². The van der Waals surface area contributed by atoms with E-state index in [4.69, 9.17) is 4.52 Å². The van der Waals surface area contributed by atoms with E-state index < -0.39 is 11.7 Å². The maximum atomic E-state index is 12.9. The third-order valence-corrected chi connectivity index (χ3v) is 4.73. The normalized spacial score (nSPS) is 17.7. The molecule has 0 amide bonds. The van der Waals surface area contributed by atoms with E-state index in [0.29, 0.717) is 30.5 Å². The second-order valence-electron chi connectivity index (χ2n) is 6.89. The lowest BCUT2D eigenvalue weighted by atomic mass is 10.1. The van der Waals surface area contributed by atoms with Crippen LogP contribution in [0, 0.1) is 0 Å². The molecule has 142 valence electrons. The number of nitrogens with zero attached hydrogens (tertiary/aromatic N) is 4. The van der Waals surface area contributed by atoms with Crippen LogP contribution in [0.15, 0.2) is 28.8 Å². The molecular formula is C18H23F3N4O. The minimum absolute atomic E-state index is 0.0151. The van der Waals surface area contributed by atoms with Gasteiger partial charge in [-0.3, -0.25) is 4.90 Å². The fourth-order valence-corrected chi connectivity index (χ4v) is 3.05. The molecule has 0 radical (unpaired) electrons. The smallest absolute Gasteiger partial charge is 0.369 e. The van der Waals surface area contributed by atoms with Crippen molar-refractivity contribution in [2.75, 3.05) is 31.1 Å². The summed E-state index contributed by atoms with van der Waals surface area (Å²) >= 11 is 0. The average molecular weight is 368 g/mol. The predicted molar refractivity (Wildman–Crippen MR) is 92.0 cm³/mol. The fourth-order valence-electron chi connectivity index (χ4n) is 3.05. The topological polar surface area (TPSA) is 45.4 Å². The Kier molecular flexibility index (Phi) is 5.22. The summed E-state index contributed by atoms with van der Waals surface area (Å²) in [6.45, 7) is 8.76. The van der Waals surface area contributed by atoms with Gasteiger partial charge in [-0.1, -0.05) is 25.1 Å². The van der Waals surface area contributed by atoms with Gasteiger partial charge in [0.15, 0.2) is 5.82 Å². The molecule has 0 unspecified atom stereocenters. The van der Waals surface area contributed by atoms with Gasteiger partial charge >= 0.3 is 6.18 Å².